The van der Waals surface area contributed by atoms with Gasteiger partial charge in [0.05, 0.1) is 19.3 Å². The lowest BCUT2D eigenvalue weighted by Gasteiger charge is -2.31. The van der Waals surface area contributed by atoms with Gasteiger partial charge in [-0.15, -0.1) is 0 Å². The van der Waals surface area contributed by atoms with Gasteiger partial charge in [-0.1, -0.05) is 132 Å². The number of cyclic esters (lactones) is 1. The first-order chi connectivity index (χ1) is 39.7. The van der Waals surface area contributed by atoms with Gasteiger partial charge in [-0.25, -0.2) is 4.79 Å². The molecule has 0 unspecified atom stereocenters. The Bertz CT molecular complexity index is 2400. The molecule has 1 heterocycles. The van der Waals surface area contributed by atoms with E-state index in [9.17, 15) is 67.7 Å². The maximum atomic E-state index is 14.4. The van der Waals surface area contributed by atoms with E-state index in [0.29, 0.717) is 25.7 Å². The number of amides is 10. The van der Waals surface area contributed by atoms with Gasteiger partial charge in [0.25, 0.3) is 0 Å². The number of carbonyl (C=O) groups excluding carboxylic acids is 12. The Balaban J connectivity index is 2.40. The van der Waals surface area contributed by atoms with Crippen LogP contribution in [0.5, 0.6) is 0 Å². The lowest BCUT2D eigenvalue weighted by atomic mass is 9.94. The number of ketones is 1. The third kappa shape index (κ3) is 22.5. The lowest BCUT2D eigenvalue weighted by molar-refractivity contribution is -0.157. The zero-order valence-corrected chi connectivity index (χ0v) is 50.9. The van der Waals surface area contributed by atoms with Crippen molar-refractivity contribution in [3.8, 4) is 0 Å². The van der Waals surface area contributed by atoms with Crippen molar-refractivity contribution in [1.82, 2.24) is 53.2 Å². The number of nitrogens with two attached hydrogens (primary N) is 1. The molecule has 1 fully saturated rings. The highest BCUT2D eigenvalue weighted by atomic mass is 16.5. The van der Waals surface area contributed by atoms with E-state index in [-0.39, 0.29) is 19.3 Å². The zero-order chi connectivity index (χ0) is 63.5. The molecule has 0 bridgehead atoms. The average Bonchev–Trinajstić information content (AvgIpc) is 3.56. The number of rotatable bonds is 32. The Labute approximate surface area is 493 Å². The smallest absolute Gasteiger partial charge is 0.329 e. The number of hydrogen-bond donors (Lipinski definition) is 13. The van der Waals surface area contributed by atoms with Gasteiger partial charge in [-0.2, -0.15) is 0 Å². The summed E-state index contributed by atoms with van der Waals surface area (Å²) in [6.07, 6.45) is -0.261. The molecule has 1 aromatic carbocycles. The number of nitrogens with one attached hydrogen (secondary N) is 10. The summed E-state index contributed by atoms with van der Waals surface area (Å²) in [5.41, 5.74) is 6.31. The van der Waals surface area contributed by atoms with Crippen molar-refractivity contribution in [3.63, 3.8) is 0 Å². The lowest BCUT2D eigenvalue weighted by Crippen LogP contribution is -2.63. The second-order valence-electron chi connectivity index (χ2n) is 22.1. The minimum Gasteiger partial charge on any atom is -0.458 e. The Kier molecular flexibility index (Phi) is 31.8. The fourth-order valence-corrected chi connectivity index (χ4v) is 9.13. The molecule has 0 aromatic heterocycles. The molecule has 10 amide bonds. The third-order valence-electron chi connectivity index (χ3n) is 15.6. The number of ether oxygens (including phenoxy) is 1. The highest BCUT2D eigenvalue weighted by Gasteiger charge is 2.41. The summed E-state index contributed by atoms with van der Waals surface area (Å²) in [5, 5.41) is 47.0. The summed E-state index contributed by atoms with van der Waals surface area (Å²) < 4.78 is 5.73. The molecule has 14 N–H and O–H groups in total. The number of primary amides is 1. The fourth-order valence-electron chi connectivity index (χ4n) is 9.13. The van der Waals surface area contributed by atoms with E-state index in [1.165, 1.54) is 13.8 Å². The van der Waals surface area contributed by atoms with E-state index in [2.05, 4.69) is 53.2 Å². The van der Waals surface area contributed by atoms with Crippen molar-refractivity contribution >= 4 is 70.8 Å². The molecule has 1 aliphatic heterocycles. The van der Waals surface area contributed by atoms with E-state index in [4.69, 9.17) is 10.5 Å². The number of benzene rings is 1. The molecule has 84 heavy (non-hydrogen) atoms. The predicted octanol–water partition coefficient (Wildman–Crippen LogP) is -1.04. The zero-order valence-electron chi connectivity index (χ0n) is 50.9. The van der Waals surface area contributed by atoms with Gasteiger partial charge >= 0.3 is 5.97 Å². The number of aliphatic hydroxyl groups excluding tert-OH is 2. The second-order valence-corrected chi connectivity index (χ2v) is 22.1. The van der Waals surface area contributed by atoms with Crippen LogP contribution in [0.4, 0.5) is 0 Å². The van der Waals surface area contributed by atoms with Crippen LogP contribution in [0.2, 0.25) is 0 Å². The van der Waals surface area contributed by atoms with Crippen LogP contribution in [0, 0.1) is 29.6 Å². The normalized spacial score (nSPS) is 21.7. The van der Waals surface area contributed by atoms with Crippen molar-refractivity contribution in [1.29, 1.82) is 0 Å². The average molecular weight is 1190 g/mol. The van der Waals surface area contributed by atoms with Crippen molar-refractivity contribution in [2.75, 3.05) is 20.3 Å². The SMILES string of the molecule is CCC[C@@H]1NC(=O)[C@H](C)CC(=O)[C@H](NC(=O)[C@H](CO)NC(=O)[C@@H](NC(=O)[C@H](NC(=O)[C@@H](CCC(N)=O)NC(=O)[C@H](CO)NC(=O)[C@@H](NC(=O)[C@@H](Cc2ccccc2)NC)[C@@H](C)CC)[C@H](C)CC)[C@@H](C)CC)[C@H](C)OC(=O)[C@H]([C@@H](C)CC)NC1=O. The molecule has 2 rings (SSSR count). The summed E-state index contributed by atoms with van der Waals surface area (Å²) >= 11 is 0. The van der Waals surface area contributed by atoms with Crippen LogP contribution in [0.3, 0.4) is 0 Å². The predicted molar refractivity (Wildman–Crippen MR) is 310 cm³/mol. The maximum absolute atomic E-state index is 14.4. The van der Waals surface area contributed by atoms with Crippen LogP contribution < -0.4 is 58.9 Å². The Hall–Kier alpha value is -7.06. The molecule has 1 aromatic rings. The number of likely N-dealkylation sites (N-methyl/N-ethyl adjacent to an activating group) is 1. The van der Waals surface area contributed by atoms with E-state index in [0.717, 1.165) is 5.56 Å². The Morgan fingerprint density at radius 3 is 1.55 bits per heavy atom. The molecule has 0 radical (unpaired) electrons. The molecular weight excluding hydrogens is 1090 g/mol. The Morgan fingerprint density at radius 2 is 1.08 bits per heavy atom. The monoisotopic (exact) mass is 1190 g/mol. The molecule has 1 saturated heterocycles. The number of aliphatic hydroxyl groups is 2. The molecule has 472 valence electrons. The van der Waals surface area contributed by atoms with Crippen LogP contribution in [-0.2, 0) is 68.7 Å². The molecule has 0 aliphatic carbocycles. The molecule has 1 aliphatic rings. The largest absolute Gasteiger partial charge is 0.458 e. The van der Waals surface area contributed by atoms with Gasteiger partial charge in [0.2, 0.25) is 59.1 Å². The van der Waals surface area contributed by atoms with Gasteiger partial charge in [0.1, 0.15) is 60.5 Å². The molecular formula is C58H95N11O15. The highest BCUT2D eigenvalue weighted by molar-refractivity contribution is 5.99. The van der Waals surface area contributed by atoms with Crippen molar-refractivity contribution in [2.45, 2.75) is 207 Å². The van der Waals surface area contributed by atoms with Crippen LogP contribution in [0.25, 0.3) is 0 Å². The van der Waals surface area contributed by atoms with Gasteiger partial charge in [0, 0.05) is 18.8 Å². The van der Waals surface area contributed by atoms with Crippen molar-refractivity contribution in [2.24, 2.45) is 35.3 Å². The number of hydrogen-bond acceptors (Lipinski definition) is 16. The summed E-state index contributed by atoms with van der Waals surface area (Å²) in [7, 11) is 1.60. The molecule has 0 spiro atoms. The van der Waals surface area contributed by atoms with Crippen LogP contribution in [0.15, 0.2) is 30.3 Å². The van der Waals surface area contributed by atoms with Crippen LogP contribution >= 0.6 is 0 Å². The van der Waals surface area contributed by atoms with E-state index >= 15 is 0 Å². The van der Waals surface area contributed by atoms with Crippen molar-refractivity contribution in [3.05, 3.63) is 35.9 Å². The minimum atomic E-state index is -1.77. The fraction of sp³-hybridized carbons (Fsp3) is 0.690. The topological polar surface area (TPSA) is 401 Å². The van der Waals surface area contributed by atoms with Gasteiger partial charge < -0.3 is 73.9 Å². The standard InChI is InChI=1S/C58H95N11O15/c1-13-21-37-50(75)68-47(33(9)17-5)58(83)84-35(11)48(42(72)26-34(10)49(74)61-37)69-54(79)41(29-71)64-56(81)45(31(7)15-3)67-57(82)46(32(8)16-4)65-51(76)38(24-25-43(59)73)62-53(78)40(28-70)63-55(80)44(30(6)14-2)66-52(77)39(60-12)27-36-22-19-18-20-23-36/h18-20,22-23,30-35,37-41,44-48,60,70-71H,13-17,21,24-29H2,1-12H3,(H2,59,73)(H,61,74)(H,62,78)(H,63,80)(H,64,81)(H,65,76)(H,66,77)(H,67,82)(H,68,75)(H,69,79)/t30-,31-,32+,33-,34+,35-,37-,38+,39+,40-,41-,44-,45-,46+,47-,48+/m0/s1. The molecule has 26 heteroatoms. The number of esters is 1. The molecule has 26 nitrogen and oxygen atoms in total. The summed E-state index contributed by atoms with van der Waals surface area (Å²) in [6, 6.07) is -4.43. The summed E-state index contributed by atoms with van der Waals surface area (Å²) in [4.78, 5) is 165. The van der Waals surface area contributed by atoms with Crippen LogP contribution in [-0.4, -0.2) is 168 Å². The molecule has 16 atom stereocenters. The molecule has 0 saturated carbocycles. The van der Waals surface area contributed by atoms with E-state index in [1.54, 1.807) is 62.4 Å². The quantitative estimate of drug-likeness (QED) is 0.0383. The maximum Gasteiger partial charge on any atom is 0.329 e. The summed E-state index contributed by atoms with van der Waals surface area (Å²) in [6.45, 7) is 16.3. The number of Topliss-reactive ketones (excluding diaryl/α,β-unsaturated/α-hetero) is 1. The first-order valence-electron chi connectivity index (χ1n) is 29.3. The first kappa shape index (κ1) is 73.0. The summed E-state index contributed by atoms with van der Waals surface area (Å²) in [5.74, 6) is -13.3. The Morgan fingerprint density at radius 1 is 0.619 bits per heavy atom. The number of carbonyl (C=O) groups is 12. The second kappa shape index (κ2) is 36.6. The third-order valence-corrected chi connectivity index (χ3v) is 15.6. The van der Waals surface area contributed by atoms with Crippen LogP contribution in [0.1, 0.15) is 140 Å². The van der Waals surface area contributed by atoms with Gasteiger partial charge in [-0.05, 0) is 62.5 Å². The van der Waals surface area contributed by atoms with Gasteiger partial charge in [-0.3, -0.25) is 52.7 Å². The van der Waals surface area contributed by atoms with E-state index in [1.807, 2.05) is 37.3 Å². The first-order valence-corrected chi connectivity index (χ1v) is 29.3. The highest BCUT2D eigenvalue weighted by Crippen LogP contribution is 2.19. The van der Waals surface area contributed by atoms with Gasteiger partial charge in [0.15, 0.2) is 5.78 Å². The minimum absolute atomic E-state index is 0.235. The van der Waals surface area contributed by atoms with E-state index < -0.39 is 199 Å². The van der Waals surface area contributed by atoms with Crippen molar-refractivity contribution < 1.29 is 72.5 Å².